The zero-order chi connectivity index (χ0) is 36.8. The molecular formula is C48H44N2O2. The van der Waals surface area contributed by atoms with Gasteiger partial charge in [-0.1, -0.05) is 76.5 Å². The fourth-order valence-electron chi connectivity index (χ4n) is 7.51. The van der Waals surface area contributed by atoms with Gasteiger partial charge in [0.2, 0.25) is 17.1 Å². The minimum atomic E-state index is -0.216. The molecule has 0 heterocycles. The molecule has 0 saturated heterocycles. The minimum Gasteiger partial charge on any atom is -0.871 e. The van der Waals surface area contributed by atoms with Crippen molar-refractivity contribution < 1.29 is 9.90 Å². The number of allylic oxidation sites excluding steroid dienone is 7. The van der Waals surface area contributed by atoms with Crippen molar-refractivity contribution in [2.45, 2.75) is 55.4 Å². The smallest absolute Gasteiger partial charge is 0.214 e. The molecule has 0 radical (unpaired) electrons. The van der Waals surface area contributed by atoms with E-state index in [0.717, 1.165) is 34.1 Å². The van der Waals surface area contributed by atoms with E-state index < -0.39 is 0 Å². The van der Waals surface area contributed by atoms with Crippen LogP contribution in [0, 0.1) is 55.4 Å². The number of hydrogen-bond donors (Lipinski definition) is 0. The van der Waals surface area contributed by atoms with Crippen LogP contribution in [0.2, 0.25) is 0 Å². The lowest BCUT2D eigenvalue weighted by Gasteiger charge is -2.33. The summed E-state index contributed by atoms with van der Waals surface area (Å²) in [6.07, 6.45) is 7.80. The molecule has 258 valence electrons. The Hall–Kier alpha value is -6.00. The molecule has 5 aromatic rings. The highest BCUT2D eigenvalue weighted by Crippen LogP contribution is 2.42. The maximum Gasteiger partial charge on any atom is 0.214 e. The van der Waals surface area contributed by atoms with Gasteiger partial charge in [-0.3, -0.25) is 4.79 Å². The van der Waals surface area contributed by atoms with Crippen molar-refractivity contribution in [1.29, 1.82) is 0 Å². The van der Waals surface area contributed by atoms with Gasteiger partial charge in [0.25, 0.3) is 0 Å². The summed E-state index contributed by atoms with van der Waals surface area (Å²) in [5.74, 6) is -0.432. The van der Waals surface area contributed by atoms with Crippen LogP contribution in [-0.4, -0.2) is 11.5 Å². The largest absolute Gasteiger partial charge is 0.871 e. The van der Waals surface area contributed by atoms with Crippen LogP contribution < -0.4 is 14.6 Å². The van der Waals surface area contributed by atoms with Crippen molar-refractivity contribution in [3.63, 3.8) is 0 Å². The Morgan fingerprint density at radius 1 is 0.500 bits per heavy atom. The summed E-state index contributed by atoms with van der Waals surface area (Å²) in [6, 6.07) is 33.7. The zero-order valence-corrected chi connectivity index (χ0v) is 31.3. The zero-order valence-electron chi connectivity index (χ0n) is 31.3. The molecule has 0 amide bonds. The summed E-state index contributed by atoms with van der Waals surface area (Å²) in [5, 5.41) is 13.7. The molecule has 0 unspecified atom stereocenters. The Balaban J connectivity index is 1.24. The van der Waals surface area contributed by atoms with E-state index in [1.165, 1.54) is 44.5 Å². The van der Waals surface area contributed by atoms with E-state index in [-0.39, 0.29) is 22.7 Å². The first-order valence-electron chi connectivity index (χ1n) is 17.8. The van der Waals surface area contributed by atoms with Gasteiger partial charge in [-0.15, -0.1) is 0 Å². The molecule has 2 aliphatic rings. The number of carbonyl (C=O) groups excluding carboxylic acids is 1. The number of nitrogens with zero attached hydrogens (tertiary/aromatic N) is 2. The molecule has 0 saturated carbocycles. The number of benzene rings is 5. The van der Waals surface area contributed by atoms with E-state index in [2.05, 4.69) is 138 Å². The fourth-order valence-corrected chi connectivity index (χ4v) is 7.51. The Morgan fingerprint density at radius 2 is 0.942 bits per heavy atom. The van der Waals surface area contributed by atoms with Gasteiger partial charge in [0.05, 0.1) is 0 Å². The van der Waals surface area contributed by atoms with E-state index >= 15 is 0 Å². The van der Waals surface area contributed by atoms with E-state index in [9.17, 15) is 9.90 Å². The summed E-state index contributed by atoms with van der Waals surface area (Å²) in [7, 11) is 0. The fraction of sp³-hybridized carbons (Fsp3) is 0.167. The van der Waals surface area contributed by atoms with Gasteiger partial charge < -0.3 is 10.0 Å². The van der Waals surface area contributed by atoms with Gasteiger partial charge in [0, 0.05) is 63.6 Å². The predicted molar refractivity (Wildman–Crippen MR) is 216 cm³/mol. The topological polar surface area (TPSA) is 46.4 Å². The molecule has 0 atom stereocenters. The van der Waals surface area contributed by atoms with Crippen LogP contribution in [0.5, 0.6) is 0 Å². The summed E-state index contributed by atoms with van der Waals surface area (Å²) in [6.45, 7) is 16.9. The molecule has 2 aliphatic carbocycles. The number of anilines is 3. The number of hydrogen-bond acceptors (Lipinski definition) is 3. The number of carbonyl (C=O) groups is 1. The molecule has 0 N–H and O–H groups in total. The lowest BCUT2D eigenvalue weighted by Crippen LogP contribution is -2.30. The van der Waals surface area contributed by atoms with Crippen LogP contribution >= 0.6 is 0 Å². The van der Waals surface area contributed by atoms with Gasteiger partial charge in [-0.25, -0.2) is 0 Å². The number of rotatable bonds is 6. The monoisotopic (exact) mass is 680 g/mol. The maximum absolute atomic E-state index is 13.7. The molecule has 5 aromatic carbocycles. The normalized spacial score (nSPS) is 13.9. The molecule has 0 spiro atoms. The van der Waals surface area contributed by atoms with Gasteiger partial charge in [0.1, 0.15) is 0 Å². The number of aryl methyl sites for hydroxylation is 8. The Morgan fingerprint density at radius 3 is 1.37 bits per heavy atom. The summed E-state index contributed by atoms with van der Waals surface area (Å²) < 4.78 is 2.25. The molecule has 0 fully saturated rings. The van der Waals surface area contributed by atoms with Crippen LogP contribution in [0.4, 0.5) is 28.4 Å². The van der Waals surface area contributed by atoms with E-state index in [1.807, 2.05) is 48.6 Å². The van der Waals surface area contributed by atoms with Crippen LogP contribution in [0.1, 0.15) is 50.1 Å². The first-order valence-corrected chi connectivity index (χ1v) is 17.8. The molecule has 0 aliphatic heterocycles. The standard InChI is InChI=1S/C48H44N2O2/c1-29-9-21-41(33(5)25-29)49(42-22-10-30(2)26-34(42)6)39-17-13-37(14-18-39)45-47(51)46(48(45)52)38-15-19-40(20-16-38)50(43-23-11-31(3)27-35(43)7)44-24-12-32(4)28-36(44)8/h9-28H,1-8H3. The van der Waals surface area contributed by atoms with Gasteiger partial charge >= 0.3 is 0 Å². The minimum absolute atomic E-state index is 0.216. The van der Waals surface area contributed by atoms with Crippen molar-refractivity contribution in [3.8, 4) is 0 Å². The highest BCUT2D eigenvalue weighted by Gasteiger charge is 2.31. The molecule has 4 nitrogen and oxygen atoms in total. The van der Waals surface area contributed by atoms with Crippen LogP contribution in [0.3, 0.4) is 0 Å². The van der Waals surface area contributed by atoms with E-state index in [4.69, 9.17) is 0 Å². The quantitative estimate of drug-likeness (QED) is 0.132. The van der Waals surface area contributed by atoms with Gasteiger partial charge in [0.15, 0.2) is 5.78 Å². The van der Waals surface area contributed by atoms with E-state index in [0.29, 0.717) is 11.1 Å². The third-order valence-corrected chi connectivity index (χ3v) is 10.1. The Bertz CT molecular complexity index is 2330. The van der Waals surface area contributed by atoms with Crippen molar-refractivity contribution in [2.24, 2.45) is 0 Å². The number of ketones is 1. The summed E-state index contributed by atoms with van der Waals surface area (Å²) in [4.78, 5) is 15.9. The van der Waals surface area contributed by atoms with Crippen molar-refractivity contribution in [2.75, 3.05) is 4.90 Å². The van der Waals surface area contributed by atoms with Crippen LogP contribution in [-0.2, 0) is 4.79 Å². The second kappa shape index (κ2) is 13.6. The lowest BCUT2D eigenvalue weighted by molar-refractivity contribution is -0.297. The van der Waals surface area contributed by atoms with Gasteiger partial charge in [-0.05, 0) is 126 Å². The van der Waals surface area contributed by atoms with Crippen molar-refractivity contribution in [1.82, 2.24) is 4.58 Å². The SMILES string of the molecule is Cc1ccc(N(c2ccc(C3=C([O-])C(=C4C=CC(=[N+](c5ccc(C)cc5C)c5ccc(C)cc5C)C=C4)C3=O)cc2)c2ccc(C)cc2C)c(C)c1. The highest BCUT2D eigenvalue weighted by molar-refractivity contribution is 6.39. The predicted octanol–water partition coefficient (Wildman–Crippen LogP) is 10.7. The average Bonchev–Trinajstić information content (AvgIpc) is 3.10. The van der Waals surface area contributed by atoms with Crippen molar-refractivity contribution in [3.05, 3.63) is 188 Å². The molecule has 52 heavy (non-hydrogen) atoms. The second-order valence-electron chi connectivity index (χ2n) is 14.3. The molecule has 0 bridgehead atoms. The molecule has 4 heteroatoms. The molecule has 7 rings (SSSR count). The van der Waals surface area contributed by atoms with Crippen molar-refractivity contribution >= 4 is 45.5 Å². The van der Waals surface area contributed by atoms with Gasteiger partial charge in [-0.2, -0.15) is 4.58 Å². The first kappa shape index (κ1) is 34.4. The first-order chi connectivity index (χ1) is 24.9. The Labute approximate surface area is 307 Å². The van der Waals surface area contributed by atoms with Crippen LogP contribution in [0.25, 0.3) is 5.57 Å². The Kier molecular flexibility index (Phi) is 9.02. The maximum atomic E-state index is 13.7. The third kappa shape index (κ3) is 6.26. The van der Waals surface area contributed by atoms with Crippen LogP contribution in [0.15, 0.2) is 138 Å². The second-order valence-corrected chi connectivity index (χ2v) is 14.3. The number of Topliss-reactive ketones (excluding diaryl/α,β-unsaturated/α-hetero) is 1. The molecular weight excluding hydrogens is 637 g/mol. The third-order valence-electron chi connectivity index (χ3n) is 10.1. The summed E-state index contributed by atoms with van der Waals surface area (Å²) in [5.41, 5.74) is 17.5. The lowest BCUT2D eigenvalue weighted by atomic mass is 9.80. The summed E-state index contributed by atoms with van der Waals surface area (Å²) >= 11 is 0. The highest BCUT2D eigenvalue weighted by atomic mass is 16.3. The molecule has 0 aromatic heterocycles. The average molecular weight is 681 g/mol. The van der Waals surface area contributed by atoms with E-state index in [1.54, 1.807) is 0 Å².